The Kier molecular flexibility index (Phi) is 1.01. The summed E-state index contributed by atoms with van der Waals surface area (Å²) in [6, 6.07) is 0. The van der Waals surface area contributed by atoms with E-state index in [0.29, 0.717) is 5.92 Å². The lowest BCUT2D eigenvalue weighted by Gasteiger charge is -2.12. The minimum Gasteiger partial charge on any atom is -0.363 e. The molecule has 2 heterocycles. The van der Waals surface area contributed by atoms with Crippen LogP contribution in [-0.2, 0) is 0 Å². The van der Waals surface area contributed by atoms with Gasteiger partial charge in [0.25, 0.3) is 0 Å². The van der Waals surface area contributed by atoms with E-state index in [1.165, 1.54) is 11.3 Å². The van der Waals surface area contributed by atoms with Gasteiger partial charge in [0.05, 0.1) is 6.34 Å². The molecule has 3 aliphatic rings. The average Bonchev–Trinajstić information content (AvgIpc) is 2.62. The fraction of sp³-hybridized carbons (Fsp3) is 0.222. The first-order chi connectivity index (χ1) is 5.95. The summed E-state index contributed by atoms with van der Waals surface area (Å²) in [7, 11) is 0. The van der Waals surface area contributed by atoms with Gasteiger partial charge in [-0.05, 0) is 6.08 Å². The summed E-state index contributed by atoms with van der Waals surface area (Å²) >= 11 is 0. The highest BCUT2D eigenvalue weighted by Gasteiger charge is 2.34. The summed E-state index contributed by atoms with van der Waals surface area (Å²) in [5, 5.41) is 6.36. The third-order valence-corrected chi connectivity index (χ3v) is 2.44. The van der Waals surface area contributed by atoms with Crippen LogP contribution in [-0.4, -0.2) is 12.5 Å². The second-order valence-corrected chi connectivity index (χ2v) is 3.12. The zero-order valence-electron chi connectivity index (χ0n) is 6.49. The summed E-state index contributed by atoms with van der Waals surface area (Å²) in [5.41, 5.74) is 2.59. The summed E-state index contributed by atoms with van der Waals surface area (Å²) < 4.78 is 0. The van der Waals surface area contributed by atoms with E-state index in [9.17, 15) is 0 Å². The van der Waals surface area contributed by atoms with Crippen LogP contribution in [0.15, 0.2) is 40.7 Å². The number of nitrogens with one attached hydrogen (secondary N) is 2. The van der Waals surface area contributed by atoms with Gasteiger partial charge in [0.1, 0.15) is 6.17 Å². The Balaban J connectivity index is 2.05. The van der Waals surface area contributed by atoms with Crippen LogP contribution in [0.2, 0.25) is 0 Å². The molecule has 0 aromatic heterocycles. The molecule has 1 aliphatic carbocycles. The normalized spacial score (nSPS) is 34.7. The maximum Gasteiger partial charge on any atom is 0.144 e. The minimum absolute atomic E-state index is 0.174. The van der Waals surface area contributed by atoms with E-state index in [1.807, 2.05) is 6.20 Å². The molecule has 0 radical (unpaired) electrons. The molecule has 0 amide bonds. The number of allylic oxidation sites excluding steroid dienone is 3. The zero-order chi connectivity index (χ0) is 7.97. The smallest absolute Gasteiger partial charge is 0.144 e. The van der Waals surface area contributed by atoms with Crippen LogP contribution in [0.1, 0.15) is 0 Å². The van der Waals surface area contributed by atoms with Crippen molar-refractivity contribution >= 4 is 6.34 Å². The predicted molar refractivity (Wildman–Crippen MR) is 47.3 cm³/mol. The van der Waals surface area contributed by atoms with E-state index >= 15 is 0 Å². The van der Waals surface area contributed by atoms with E-state index in [4.69, 9.17) is 0 Å². The van der Waals surface area contributed by atoms with E-state index in [2.05, 4.69) is 33.9 Å². The molecule has 0 spiro atoms. The number of nitrogens with zero attached hydrogens (tertiary/aromatic N) is 1. The van der Waals surface area contributed by atoms with Crippen molar-refractivity contribution in [1.82, 2.24) is 10.6 Å². The molecular formula is C9H9N3. The van der Waals surface area contributed by atoms with Gasteiger partial charge in [-0.15, -0.1) is 0 Å². The first-order valence-corrected chi connectivity index (χ1v) is 4.08. The highest BCUT2D eigenvalue weighted by atomic mass is 15.2. The second-order valence-electron chi connectivity index (χ2n) is 3.12. The number of rotatable bonds is 0. The number of fused-ring (bicyclic) bond motifs is 3. The Hall–Kier alpha value is -1.51. The first kappa shape index (κ1) is 6.06. The predicted octanol–water partition coefficient (Wildman–Crippen LogP) is 0.501. The minimum atomic E-state index is 0.174. The molecule has 2 unspecified atom stereocenters. The van der Waals surface area contributed by atoms with Crippen molar-refractivity contribution in [3.8, 4) is 0 Å². The Morgan fingerprint density at radius 3 is 3.42 bits per heavy atom. The average molecular weight is 159 g/mol. The van der Waals surface area contributed by atoms with Crippen molar-refractivity contribution in [3.63, 3.8) is 0 Å². The van der Waals surface area contributed by atoms with Crippen LogP contribution in [0.3, 0.4) is 0 Å². The van der Waals surface area contributed by atoms with Gasteiger partial charge in [-0.25, -0.2) is 4.99 Å². The Bertz CT molecular complexity index is 336. The molecule has 0 saturated carbocycles. The van der Waals surface area contributed by atoms with Gasteiger partial charge in [0.15, 0.2) is 0 Å². The van der Waals surface area contributed by atoms with E-state index in [1.54, 1.807) is 6.34 Å². The van der Waals surface area contributed by atoms with E-state index in [-0.39, 0.29) is 6.17 Å². The molecule has 3 rings (SSSR count). The van der Waals surface area contributed by atoms with Gasteiger partial charge in [0.2, 0.25) is 0 Å². The van der Waals surface area contributed by atoms with Crippen LogP contribution in [0.25, 0.3) is 0 Å². The van der Waals surface area contributed by atoms with Crippen molar-refractivity contribution < 1.29 is 0 Å². The summed E-state index contributed by atoms with van der Waals surface area (Å²) in [6.45, 7) is 0. The standard InChI is InChI=1S/C9H9N3/c1-2-6-7-4-10-5-11-9(7)12-8(6)3-1/h1-6,9,12H,(H,10,11). The molecule has 0 aromatic carbocycles. The van der Waals surface area contributed by atoms with Gasteiger partial charge >= 0.3 is 0 Å². The topological polar surface area (TPSA) is 36.4 Å². The van der Waals surface area contributed by atoms with Crippen LogP contribution in [0, 0.1) is 5.92 Å². The van der Waals surface area contributed by atoms with Crippen LogP contribution < -0.4 is 10.6 Å². The maximum absolute atomic E-state index is 4.28. The molecule has 2 N–H and O–H groups in total. The molecule has 1 saturated heterocycles. The fourth-order valence-corrected chi connectivity index (χ4v) is 1.86. The second kappa shape index (κ2) is 2.00. The molecule has 2 atom stereocenters. The van der Waals surface area contributed by atoms with Crippen LogP contribution in [0.4, 0.5) is 0 Å². The summed E-state index contributed by atoms with van der Waals surface area (Å²) in [4.78, 5) is 4.28. The Labute approximate surface area is 70.6 Å². The summed E-state index contributed by atoms with van der Waals surface area (Å²) in [6.07, 6.45) is 10.3. The lowest BCUT2D eigenvalue weighted by Crippen LogP contribution is -2.25. The molecule has 3 nitrogen and oxygen atoms in total. The van der Waals surface area contributed by atoms with E-state index in [0.717, 1.165) is 0 Å². The summed E-state index contributed by atoms with van der Waals surface area (Å²) in [5.74, 6) is 0.444. The highest BCUT2D eigenvalue weighted by molar-refractivity contribution is 5.61. The zero-order valence-corrected chi connectivity index (χ0v) is 6.49. The van der Waals surface area contributed by atoms with Gasteiger partial charge in [-0.1, -0.05) is 12.2 Å². The Morgan fingerprint density at radius 2 is 2.42 bits per heavy atom. The molecule has 0 aromatic rings. The molecule has 60 valence electrons. The van der Waals surface area contributed by atoms with Gasteiger partial charge in [-0.2, -0.15) is 0 Å². The van der Waals surface area contributed by atoms with Gasteiger partial charge in [-0.3, -0.25) is 0 Å². The fourth-order valence-electron chi connectivity index (χ4n) is 1.86. The quantitative estimate of drug-likeness (QED) is 0.540. The number of aliphatic imine (C=N–C) groups is 1. The van der Waals surface area contributed by atoms with Crippen molar-refractivity contribution in [2.24, 2.45) is 10.9 Å². The first-order valence-electron chi connectivity index (χ1n) is 4.08. The maximum atomic E-state index is 4.28. The lowest BCUT2D eigenvalue weighted by atomic mass is 10.0. The van der Waals surface area contributed by atoms with Gasteiger partial charge in [0, 0.05) is 23.4 Å². The molecule has 3 heteroatoms. The van der Waals surface area contributed by atoms with Crippen molar-refractivity contribution in [3.05, 3.63) is 35.7 Å². The largest absolute Gasteiger partial charge is 0.363 e. The molecule has 1 fully saturated rings. The molecular weight excluding hydrogens is 150 g/mol. The van der Waals surface area contributed by atoms with Gasteiger partial charge < -0.3 is 10.6 Å². The van der Waals surface area contributed by atoms with Crippen molar-refractivity contribution in [2.45, 2.75) is 6.17 Å². The monoisotopic (exact) mass is 159 g/mol. The Morgan fingerprint density at radius 1 is 1.42 bits per heavy atom. The van der Waals surface area contributed by atoms with E-state index < -0.39 is 0 Å². The molecule has 12 heavy (non-hydrogen) atoms. The number of hydrogen-bond acceptors (Lipinski definition) is 3. The molecule has 2 aliphatic heterocycles. The van der Waals surface area contributed by atoms with Crippen LogP contribution >= 0.6 is 0 Å². The SMILES string of the molecule is C1=CC2C(=C1)NC1N=CNC=C12. The number of hydrogen-bond donors (Lipinski definition) is 2. The van der Waals surface area contributed by atoms with Crippen molar-refractivity contribution in [2.75, 3.05) is 0 Å². The highest BCUT2D eigenvalue weighted by Crippen LogP contribution is 2.34. The molecule has 0 bridgehead atoms. The van der Waals surface area contributed by atoms with Crippen molar-refractivity contribution in [1.29, 1.82) is 0 Å². The third-order valence-electron chi connectivity index (χ3n) is 2.44. The lowest BCUT2D eigenvalue weighted by molar-refractivity contribution is 0.723. The van der Waals surface area contributed by atoms with Crippen LogP contribution in [0.5, 0.6) is 0 Å². The third kappa shape index (κ3) is 0.630.